The standard InChI is InChI=1S/C5H8O3.C3H6O2/c1-3-8-5(7)4(2)6;1-2-3(4)5/h3H2,1-2H3;2H2,1H3,(H,4,5). The molecule has 5 heteroatoms. The molecule has 0 amide bonds. The molecular formula is C8H14O5. The van der Waals surface area contributed by atoms with Crippen molar-refractivity contribution < 1.29 is 24.2 Å². The molecule has 0 unspecified atom stereocenters. The molecule has 0 heterocycles. The highest BCUT2D eigenvalue weighted by Gasteiger charge is 2.05. The van der Waals surface area contributed by atoms with Gasteiger partial charge in [0.15, 0.2) is 0 Å². The molecule has 0 aliphatic carbocycles. The second kappa shape index (κ2) is 8.70. The Kier molecular flexibility index (Phi) is 9.48. The van der Waals surface area contributed by atoms with Crippen molar-refractivity contribution >= 4 is 17.7 Å². The lowest BCUT2D eigenvalue weighted by Crippen LogP contribution is -2.12. The van der Waals surface area contributed by atoms with Crippen molar-refractivity contribution in [2.45, 2.75) is 27.2 Å². The average molecular weight is 190 g/mol. The predicted octanol–water partition coefficient (Wildman–Crippen LogP) is 0.620. The number of carboxylic acids is 1. The smallest absolute Gasteiger partial charge is 0.374 e. The van der Waals surface area contributed by atoms with Crippen LogP contribution in [0.4, 0.5) is 0 Å². The van der Waals surface area contributed by atoms with Crippen LogP contribution in [0.25, 0.3) is 0 Å². The highest BCUT2D eigenvalue weighted by molar-refractivity contribution is 6.32. The summed E-state index contributed by atoms with van der Waals surface area (Å²) in [6.07, 6.45) is 0.222. The fraction of sp³-hybridized carbons (Fsp3) is 0.625. The van der Waals surface area contributed by atoms with E-state index in [9.17, 15) is 14.4 Å². The van der Waals surface area contributed by atoms with Crippen LogP contribution in [0.15, 0.2) is 0 Å². The Bertz CT molecular complexity index is 185. The van der Waals surface area contributed by atoms with E-state index in [1.165, 1.54) is 6.92 Å². The summed E-state index contributed by atoms with van der Waals surface area (Å²) in [5, 5.41) is 7.72. The monoisotopic (exact) mass is 190 g/mol. The van der Waals surface area contributed by atoms with Crippen molar-refractivity contribution in [1.82, 2.24) is 0 Å². The maximum Gasteiger partial charge on any atom is 0.374 e. The van der Waals surface area contributed by atoms with E-state index in [2.05, 4.69) is 4.74 Å². The van der Waals surface area contributed by atoms with Gasteiger partial charge in [0.2, 0.25) is 5.78 Å². The van der Waals surface area contributed by atoms with Crippen molar-refractivity contribution in [1.29, 1.82) is 0 Å². The lowest BCUT2D eigenvalue weighted by molar-refractivity contribution is -0.152. The largest absolute Gasteiger partial charge is 0.481 e. The van der Waals surface area contributed by atoms with Crippen molar-refractivity contribution in [3.05, 3.63) is 0 Å². The van der Waals surface area contributed by atoms with Crippen molar-refractivity contribution in [3.8, 4) is 0 Å². The number of hydrogen-bond donors (Lipinski definition) is 1. The summed E-state index contributed by atoms with van der Waals surface area (Å²) in [6, 6.07) is 0. The third kappa shape index (κ3) is 13.6. The SMILES string of the molecule is CCC(=O)O.CCOC(=O)C(C)=O. The minimum Gasteiger partial charge on any atom is -0.481 e. The molecule has 0 saturated carbocycles. The zero-order valence-corrected chi connectivity index (χ0v) is 7.99. The van der Waals surface area contributed by atoms with Crippen LogP contribution in [-0.4, -0.2) is 29.4 Å². The molecule has 0 spiro atoms. The van der Waals surface area contributed by atoms with Crippen molar-refractivity contribution in [3.63, 3.8) is 0 Å². The van der Waals surface area contributed by atoms with Gasteiger partial charge in [-0.2, -0.15) is 0 Å². The molecule has 0 aromatic carbocycles. The van der Waals surface area contributed by atoms with Gasteiger partial charge >= 0.3 is 11.9 Å². The molecule has 0 aliphatic rings. The van der Waals surface area contributed by atoms with Crippen LogP contribution in [0.5, 0.6) is 0 Å². The topological polar surface area (TPSA) is 80.7 Å². The van der Waals surface area contributed by atoms with E-state index in [4.69, 9.17) is 5.11 Å². The molecule has 76 valence electrons. The number of ketones is 1. The van der Waals surface area contributed by atoms with Crippen LogP contribution >= 0.6 is 0 Å². The summed E-state index contributed by atoms with van der Waals surface area (Å²) < 4.78 is 4.31. The Balaban J connectivity index is 0. The first-order valence-corrected chi connectivity index (χ1v) is 3.85. The highest BCUT2D eigenvalue weighted by Crippen LogP contribution is 1.77. The number of ether oxygens (including phenoxy) is 1. The molecule has 13 heavy (non-hydrogen) atoms. The van der Waals surface area contributed by atoms with Crippen LogP contribution < -0.4 is 0 Å². The van der Waals surface area contributed by atoms with Gasteiger partial charge in [-0.25, -0.2) is 4.79 Å². The number of aliphatic carboxylic acids is 1. The summed E-state index contributed by atoms with van der Waals surface area (Å²) >= 11 is 0. The quantitative estimate of drug-likeness (QED) is 0.521. The first-order chi connectivity index (χ1) is 5.95. The minimum absolute atomic E-state index is 0.222. The number of carbonyl (C=O) groups is 3. The van der Waals surface area contributed by atoms with Crippen LogP contribution in [0.3, 0.4) is 0 Å². The van der Waals surface area contributed by atoms with E-state index in [1.807, 2.05) is 0 Å². The molecule has 0 aromatic rings. The molecular weight excluding hydrogens is 176 g/mol. The van der Waals surface area contributed by atoms with Gasteiger partial charge in [0.25, 0.3) is 0 Å². The highest BCUT2D eigenvalue weighted by atomic mass is 16.5. The van der Waals surface area contributed by atoms with Crippen LogP contribution in [0, 0.1) is 0 Å². The molecule has 0 fully saturated rings. The third-order valence-electron chi connectivity index (χ3n) is 0.865. The lowest BCUT2D eigenvalue weighted by Gasteiger charge is -1.93. The van der Waals surface area contributed by atoms with Gasteiger partial charge in [-0.3, -0.25) is 9.59 Å². The van der Waals surface area contributed by atoms with E-state index in [-0.39, 0.29) is 13.0 Å². The molecule has 0 aliphatic heterocycles. The number of Topliss-reactive ketones (excluding diaryl/α,β-unsaturated/α-hetero) is 1. The van der Waals surface area contributed by atoms with Gasteiger partial charge in [-0.15, -0.1) is 0 Å². The third-order valence-corrected chi connectivity index (χ3v) is 0.865. The summed E-state index contributed by atoms with van der Waals surface area (Å²) in [5.74, 6) is -2.05. The summed E-state index contributed by atoms with van der Waals surface area (Å²) in [6.45, 7) is 4.69. The Morgan fingerprint density at radius 3 is 1.69 bits per heavy atom. The fourth-order valence-corrected chi connectivity index (χ4v) is 0.233. The Labute approximate surface area is 76.7 Å². The van der Waals surface area contributed by atoms with Gasteiger partial charge in [-0.05, 0) is 6.92 Å². The van der Waals surface area contributed by atoms with Crippen molar-refractivity contribution in [2.24, 2.45) is 0 Å². The van der Waals surface area contributed by atoms with E-state index in [0.29, 0.717) is 0 Å². The normalized spacial score (nSPS) is 7.92. The first kappa shape index (κ1) is 14.2. The summed E-state index contributed by atoms with van der Waals surface area (Å²) in [5.41, 5.74) is 0. The molecule has 1 N–H and O–H groups in total. The van der Waals surface area contributed by atoms with E-state index >= 15 is 0 Å². The van der Waals surface area contributed by atoms with Crippen LogP contribution in [-0.2, 0) is 19.1 Å². The zero-order chi connectivity index (χ0) is 10.9. The van der Waals surface area contributed by atoms with E-state index < -0.39 is 17.7 Å². The number of esters is 1. The minimum atomic E-state index is -0.757. The molecule has 0 aromatic heterocycles. The van der Waals surface area contributed by atoms with Crippen molar-refractivity contribution in [2.75, 3.05) is 6.61 Å². The number of carboxylic acid groups (broad SMARTS) is 1. The predicted molar refractivity (Wildman–Crippen MR) is 45.2 cm³/mol. The van der Waals surface area contributed by atoms with Gasteiger partial charge in [-0.1, -0.05) is 6.92 Å². The molecule has 0 atom stereocenters. The zero-order valence-electron chi connectivity index (χ0n) is 7.99. The Hall–Kier alpha value is -1.39. The van der Waals surface area contributed by atoms with Crippen LogP contribution in [0.1, 0.15) is 27.2 Å². The van der Waals surface area contributed by atoms with Gasteiger partial charge < -0.3 is 9.84 Å². The fourth-order valence-electron chi connectivity index (χ4n) is 0.233. The number of carbonyl (C=O) groups excluding carboxylic acids is 2. The van der Waals surface area contributed by atoms with E-state index in [1.54, 1.807) is 13.8 Å². The number of rotatable bonds is 3. The molecule has 0 radical (unpaired) electrons. The molecule has 5 nitrogen and oxygen atoms in total. The maximum absolute atomic E-state index is 10.2. The lowest BCUT2D eigenvalue weighted by atomic mass is 10.5. The number of hydrogen-bond acceptors (Lipinski definition) is 4. The Morgan fingerprint density at radius 2 is 1.62 bits per heavy atom. The van der Waals surface area contributed by atoms with Gasteiger partial charge in [0, 0.05) is 13.3 Å². The second-order valence-electron chi connectivity index (χ2n) is 2.02. The van der Waals surface area contributed by atoms with E-state index in [0.717, 1.165) is 0 Å². The summed E-state index contributed by atoms with van der Waals surface area (Å²) in [4.78, 5) is 29.6. The average Bonchev–Trinajstić information content (AvgIpc) is 2.06. The molecule has 0 bridgehead atoms. The van der Waals surface area contributed by atoms with Gasteiger partial charge in [0.1, 0.15) is 0 Å². The summed E-state index contributed by atoms with van der Waals surface area (Å²) in [7, 11) is 0. The molecule has 0 rings (SSSR count). The van der Waals surface area contributed by atoms with Crippen LogP contribution in [0.2, 0.25) is 0 Å². The van der Waals surface area contributed by atoms with Gasteiger partial charge in [0.05, 0.1) is 6.61 Å². The Morgan fingerprint density at radius 1 is 1.23 bits per heavy atom. The first-order valence-electron chi connectivity index (χ1n) is 3.85. The maximum atomic E-state index is 10.2. The molecule has 0 saturated heterocycles. The second-order valence-corrected chi connectivity index (χ2v) is 2.02.